The van der Waals surface area contributed by atoms with Crippen molar-refractivity contribution in [2.24, 2.45) is 5.92 Å². The summed E-state index contributed by atoms with van der Waals surface area (Å²) >= 11 is 2.10. The standard InChI is InChI=1S/C23H42OS/c1-22(2)24-19-15-21-25-20-13-11-9-7-5-3-4-6-8-10-12-16-23-17-14-18-23/h22-23H,3-11,13-15,17-21H2,1-2H3. The molecule has 0 aromatic heterocycles. The predicted molar refractivity (Wildman–Crippen MR) is 114 cm³/mol. The van der Waals surface area contributed by atoms with Gasteiger partial charge in [-0.1, -0.05) is 57.3 Å². The van der Waals surface area contributed by atoms with E-state index < -0.39 is 0 Å². The first kappa shape index (κ1) is 22.9. The molecule has 0 amide bonds. The smallest absolute Gasteiger partial charge is 0.0518 e. The molecule has 0 aliphatic heterocycles. The summed E-state index contributed by atoms with van der Waals surface area (Å²) in [5, 5.41) is 0. The van der Waals surface area contributed by atoms with Gasteiger partial charge in [-0.25, -0.2) is 0 Å². The third kappa shape index (κ3) is 15.8. The highest BCUT2D eigenvalue weighted by atomic mass is 32.2. The molecule has 1 rings (SSSR count). The van der Waals surface area contributed by atoms with Gasteiger partial charge in [0.15, 0.2) is 0 Å². The van der Waals surface area contributed by atoms with Gasteiger partial charge in [-0.05, 0) is 57.5 Å². The van der Waals surface area contributed by atoms with E-state index in [4.69, 9.17) is 4.74 Å². The van der Waals surface area contributed by atoms with E-state index in [0.717, 1.165) is 18.9 Å². The first-order valence-electron chi connectivity index (χ1n) is 11.0. The fourth-order valence-electron chi connectivity index (χ4n) is 3.01. The molecule has 1 aliphatic carbocycles. The van der Waals surface area contributed by atoms with E-state index in [1.165, 1.54) is 95.0 Å². The van der Waals surface area contributed by atoms with Crippen molar-refractivity contribution >= 4 is 11.8 Å². The van der Waals surface area contributed by atoms with E-state index in [-0.39, 0.29) is 0 Å². The highest BCUT2D eigenvalue weighted by Crippen LogP contribution is 2.25. The molecule has 1 fully saturated rings. The fourth-order valence-corrected chi connectivity index (χ4v) is 3.94. The van der Waals surface area contributed by atoms with Crippen molar-refractivity contribution in [3.8, 4) is 11.8 Å². The van der Waals surface area contributed by atoms with Gasteiger partial charge in [-0.15, -0.1) is 5.92 Å². The lowest BCUT2D eigenvalue weighted by Gasteiger charge is -2.18. The molecule has 0 aromatic carbocycles. The minimum absolute atomic E-state index is 0.385. The van der Waals surface area contributed by atoms with Crippen molar-refractivity contribution in [3.05, 3.63) is 0 Å². The Morgan fingerprint density at radius 2 is 1.44 bits per heavy atom. The Bertz CT molecular complexity index is 338. The van der Waals surface area contributed by atoms with Gasteiger partial charge in [0, 0.05) is 18.9 Å². The second-order valence-corrected chi connectivity index (χ2v) is 8.99. The summed E-state index contributed by atoms with van der Waals surface area (Å²) in [6, 6.07) is 0. The van der Waals surface area contributed by atoms with Crippen molar-refractivity contribution in [3.63, 3.8) is 0 Å². The van der Waals surface area contributed by atoms with Gasteiger partial charge >= 0.3 is 0 Å². The molecule has 0 radical (unpaired) electrons. The molecular formula is C23H42OS. The quantitative estimate of drug-likeness (QED) is 0.210. The van der Waals surface area contributed by atoms with Crippen LogP contribution >= 0.6 is 11.8 Å². The third-order valence-electron chi connectivity index (χ3n) is 4.89. The summed E-state index contributed by atoms with van der Waals surface area (Å²) in [6.45, 7) is 5.15. The van der Waals surface area contributed by atoms with Gasteiger partial charge in [0.05, 0.1) is 6.10 Å². The van der Waals surface area contributed by atoms with E-state index in [1.807, 2.05) is 0 Å². The summed E-state index contributed by atoms with van der Waals surface area (Å²) in [7, 11) is 0. The zero-order valence-corrected chi connectivity index (χ0v) is 17.8. The Morgan fingerprint density at radius 1 is 0.840 bits per heavy atom. The second kappa shape index (κ2) is 17.3. The van der Waals surface area contributed by atoms with Gasteiger partial charge in [-0.2, -0.15) is 11.8 Å². The van der Waals surface area contributed by atoms with E-state index in [2.05, 4.69) is 37.5 Å². The molecule has 146 valence electrons. The molecule has 0 atom stereocenters. The first-order chi connectivity index (χ1) is 12.3. The van der Waals surface area contributed by atoms with Crippen molar-refractivity contribution in [2.45, 2.75) is 110 Å². The van der Waals surface area contributed by atoms with Gasteiger partial charge in [0.2, 0.25) is 0 Å². The largest absolute Gasteiger partial charge is 0.379 e. The molecule has 0 saturated heterocycles. The number of ether oxygens (including phenoxy) is 1. The lowest BCUT2D eigenvalue weighted by atomic mass is 9.86. The maximum absolute atomic E-state index is 5.56. The number of hydrogen-bond donors (Lipinski definition) is 0. The lowest BCUT2D eigenvalue weighted by molar-refractivity contribution is 0.0800. The van der Waals surface area contributed by atoms with Crippen molar-refractivity contribution < 1.29 is 4.74 Å². The molecule has 0 bridgehead atoms. The topological polar surface area (TPSA) is 9.23 Å². The van der Waals surface area contributed by atoms with Gasteiger partial charge in [0.25, 0.3) is 0 Å². The van der Waals surface area contributed by atoms with Crippen molar-refractivity contribution in [1.29, 1.82) is 0 Å². The summed E-state index contributed by atoms with van der Waals surface area (Å²) in [5.41, 5.74) is 0. The molecule has 1 nitrogen and oxygen atoms in total. The Labute approximate surface area is 162 Å². The predicted octanol–water partition coefficient (Wildman–Crippen LogP) is 7.24. The second-order valence-electron chi connectivity index (χ2n) is 7.77. The third-order valence-corrected chi connectivity index (χ3v) is 6.04. The zero-order chi connectivity index (χ0) is 18.0. The van der Waals surface area contributed by atoms with E-state index in [9.17, 15) is 0 Å². The van der Waals surface area contributed by atoms with Crippen LogP contribution in [0.15, 0.2) is 0 Å². The van der Waals surface area contributed by atoms with Crippen molar-refractivity contribution in [2.75, 3.05) is 18.1 Å². The summed E-state index contributed by atoms with van der Waals surface area (Å²) < 4.78 is 5.56. The van der Waals surface area contributed by atoms with Crippen LogP contribution in [-0.2, 0) is 4.74 Å². The summed E-state index contributed by atoms with van der Waals surface area (Å²) in [5.74, 6) is 10.2. The van der Waals surface area contributed by atoms with Gasteiger partial charge in [0.1, 0.15) is 0 Å². The fraction of sp³-hybridized carbons (Fsp3) is 0.913. The minimum atomic E-state index is 0.385. The van der Waals surface area contributed by atoms with Crippen LogP contribution in [0, 0.1) is 17.8 Å². The molecule has 1 saturated carbocycles. The number of hydrogen-bond acceptors (Lipinski definition) is 2. The highest BCUT2D eigenvalue weighted by Gasteiger charge is 2.13. The average Bonchev–Trinajstić information content (AvgIpc) is 2.55. The van der Waals surface area contributed by atoms with Crippen LogP contribution in [-0.4, -0.2) is 24.2 Å². The molecule has 0 heterocycles. The average molecular weight is 367 g/mol. The highest BCUT2D eigenvalue weighted by molar-refractivity contribution is 7.99. The number of thioether (sulfide) groups is 1. The molecule has 25 heavy (non-hydrogen) atoms. The normalized spacial score (nSPS) is 14.4. The Hall–Kier alpha value is -0.130. The molecule has 1 aliphatic rings. The molecule has 2 heteroatoms. The number of rotatable bonds is 16. The van der Waals surface area contributed by atoms with Crippen LogP contribution in [0.25, 0.3) is 0 Å². The van der Waals surface area contributed by atoms with E-state index in [0.29, 0.717) is 6.10 Å². The van der Waals surface area contributed by atoms with Crippen molar-refractivity contribution in [1.82, 2.24) is 0 Å². The van der Waals surface area contributed by atoms with E-state index in [1.54, 1.807) is 0 Å². The maximum atomic E-state index is 5.56. The number of unbranched alkanes of at least 4 members (excludes halogenated alkanes) is 9. The molecule has 0 unspecified atom stereocenters. The van der Waals surface area contributed by atoms with E-state index >= 15 is 0 Å². The lowest BCUT2D eigenvalue weighted by Crippen LogP contribution is -2.07. The molecule has 0 spiro atoms. The van der Waals surface area contributed by atoms with Crippen LogP contribution in [0.3, 0.4) is 0 Å². The maximum Gasteiger partial charge on any atom is 0.0518 e. The first-order valence-corrected chi connectivity index (χ1v) is 12.1. The monoisotopic (exact) mass is 366 g/mol. The summed E-state index contributed by atoms with van der Waals surface area (Å²) in [4.78, 5) is 0. The Kier molecular flexibility index (Phi) is 15.8. The van der Waals surface area contributed by atoms with Crippen LogP contribution in [0.5, 0.6) is 0 Å². The minimum Gasteiger partial charge on any atom is -0.379 e. The summed E-state index contributed by atoms with van der Waals surface area (Å²) in [6.07, 6.45) is 19.5. The van der Waals surface area contributed by atoms with Gasteiger partial charge < -0.3 is 4.74 Å². The van der Waals surface area contributed by atoms with Crippen LogP contribution < -0.4 is 0 Å². The van der Waals surface area contributed by atoms with Gasteiger partial charge in [-0.3, -0.25) is 0 Å². The molecule has 0 aromatic rings. The van der Waals surface area contributed by atoms with Crippen LogP contribution in [0.1, 0.15) is 104 Å². The molecular weight excluding hydrogens is 324 g/mol. The zero-order valence-electron chi connectivity index (χ0n) is 17.0. The SMILES string of the molecule is CC(C)OCCCSCCCCCCCCCCCC#CC1CCC1. The van der Waals surface area contributed by atoms with Crippen LogP contribution in [0.2, 0.25) is 0 Å². The Balaban J connectivity index is 1.65. The molecule has 0 N–H and O–H groups in total. The Morgan fingerprint density at radius 3 is 2.04 bits per heavy atom. The van der Waals surface area contributed by atoms with Crippen LogP contribution in [0.4, 0.5) is 0 Å².